The molecule has 0 amide bonds. The summed E-state index contributed by atoms with van der Waals surface area (Å²) >= 11 is 1.66. The van der Waals surface area contributed by atoms with Gasteiger partial charge in [-0.3, -0.25) is 9.36 Å². The summed E-state index contributed by atoms with van der Waals surface area (Å²) in [4.78, 5) is 20.9. The molecule has 5 aromatic rings. The lowest BCUT2D eigenvalue weighted by Crippen LogP contribution is -2.26. The third-order valence-corrected chi connectivity index (χ3v) is 7.55. The Hall–Kier alpha value is -3.31. The molecule has 0 atom stereocenters. The molecule has 3 aromatic carbocycles. The van der Waals surface area contributed by atoms with Crippen molar-refractivity contribution >= 4 is 32.3 Å². The second-order valence-electron chi connectivity index (χ2n) is 8.40. The quantitative estimate of drug-likeness (QED) is 0.350. The first-order valence-electron chi connectivity index (χ1n) is 10.9. The van der Waals surface area contributed by atoms with E-state index in [-0.39, 0.29) is 11.4 Å². The third-order valence-electron chi connectivity index (χ3n) is 6.36. The number of rotatable bonds is 4. The van der Waals surface area contributed by atoms with Crippen LogP contribution in [0.2, 0.25) is 0 Å². The van der Waals surface area contributed by atoms with Gasteiger partial charge in [0, 0.05) is 11.3 Å². The average molecular weight is 441 g/mol. The van der Waals surface area contributed by atoms with Crippen LogP contribution >= 0.6 is 11.3 Å². The number of nitrogens with zero attached hydrogens (tertiary/aromatic N) is 2. The van der Waals surface area contributed by atoms with Crippen LogP contribution in [0.3, 0.4) is 0 Å². The van der Waals surface area contributed by atoms with Crippen molar-refractivity contribution in [1.29, 1.82) is 0 Å². The van der Waals surface area contributed by atoms with Gasteiger partial charge in [-0.1, -0.05) is 54.6 Å². The van der Waals surface area contributed by atoms with Crippen molar-refractivity contribution in [1.82, 2.24) is 9.55 Å². The van der Waals surface area contributed by atoms with Gasteiger partial charge in [-0.25, -0.2) is 9.37 Å². The lowest BCUT2D eigenvalue weighted by atomic mass is 10.0. The van der Waals surface area contributed by atoms with Gasteiger partial charge in [-0.15, -0.1) is 11.3 Å². The summed E-state index contributed by atoms with van der Waals surface area (Å²) in [5.74, 6) is 0.430. The minimum atomic E-state index is -0.295. The van der Waals surface area contributed by atoms with E-state index in [1.165, 1.54) is 28.0 Å². The van der Waals surface area contributed by atoms with Crippen LogP contribution in [0.25, 0.3) is 21.0 Å². The Balaban J connectivity index is 1.55. The fourth-order valence-electron chi connectivity index (χ4n) is 4.85. The van der Waals surface area contributed by atoms with Gasteiger partial charge in [0.05, 0.1) is 11.9 Å². The molecular weight excluding hydrogens is 419 g/mol. The minimum Gasteiger partial charge on any atom is -0.291 e. The highest BCUT2D eigenvalue weighted by Gasteiger charge is 2.23. The van der Waals surface area contributed by atoms with E-state index in [9.17, 15) is 9.18 Å². The SMILES string of the molecule is O=c1c2c3c(sc2nc(Cc2cccc4ccccc24)n1Cc1cccc(F)c1)CCC3. The Morgan fingerprint density at radius 3 is 2.75 bits per heavy atom. The lowest BCUT2D eigenvalue weighted by Gasteiger charge is -2.14. The van der Waals surface area contributed by atoms with Crippen LogP contribution in [0, 0.1) is 5.82 Å². The molecule has 6 rings (SSSR count). The zero-order chi connectivity index (χ0) is 21.7. The van der Waals surface area contributed by atoms with Gasteiger partial charge in [0.25, 0.3) is 5.56 Å². The fraction of sp³-hybridized carbons (Fsp3) is 0.185. The van der Waals surface area contributed by atoms with Gasteiger partial charge in [0.1, 0.15) is 16.5 Å². The van der Waals surface area contributed by atoms with E-state index < -0.39 is 0 Å². The summed E-state index contributed by atoms with van der Waals surface area (Å²) in [6.07, 6.45) is 3.61. The van der Waals surface area contributed by atoms with Crippen LogP contribution in [-0.4, -0.2) is 9.55 Å². The summed E-state index contributed by atoms with van der Waals surface area (Å²) in [7, 11) is 0. The maximum atomic E-state index is 13.9. The molecule has 0 aliphatic heterocycles. The number of hydrogen-bond donors (Lipinski definition) is 0. The molecule has 0 N–H and O–H groups in total. The molecule has 5 heteroatoms. The molecule has 32 heavy (non-hydrogen) atoms. The first kappa shape index (κ1) is 19.4. The van der Waals surface area contributed by atoms with Crippen molar-refractivity contribution in [2.75, 3.05) is 0 Å². The second-order valence-corrected chi connectivity index (χ2v) is 9.49. The van der Waals surface area contributed by atoms with E-state index in [0.29, 0.717) is 13.0 Å². The number of hydrogen-bond acceptors (Lipinski definition) is 3. The summed E-state index contributed by atoms with van der Waals surface area (Å²) in [6.45, 7) is 0.310. The first-order chi connectivity index (χ1) is 15.7. The van der Waals surface area contributed by atoms with Crippen LogP contribution in [0.15, 0.2) is 71.5 Å². The maximum absolute atomic E-state index is 13.9. The highest BCUT2D eigenvalue weighted by atomic mass is 32.1. The topological polar surface area (TPSA) is 34.9 Å². The fourth-order valence-corrected chi connectivity index (χ4v) is 6.12. The minimum absolute atomic E-state index is 0.00565. The van der Waals surface area contributed by atoms with Crippen molar-refractivity contribution in [3.63, 3.8) is 0 Å². The van der Waals surface area contributed by atoms with E-state index in [1.54, 1.807) is 22.0 Å². The third kappa shape index (κ3) is 3.24. The molecule has 2 aromatic heterocycles. The molecule has 0 saturated heterocycles. The van der Waals surface area contributed by atoms with Gasteiger partial charge < -0.3 is 0 Å². The van der Waals surface area contributed by atoms with Crippen molar-refractivity contribution in [3.8, 4) is 0 Å². The Labute approximate surface area is 188 Å². The molecule has 0 spiro atoms. The predicted molar refractivity (Wildman–Crippen MR) is 128 cm³/mol. The van der Waals surface area contributed by atoms with Gasteiger partial charge in [-0.05, 0) is 58.9 Å². The number of aromatic nitrogens is 2. The number of fused-ring (bicyclic) bond motifs is 4. The van der Waals surface area contributed by atoms with E-state index >= 15 is 0 Å². The zero-order valence-electron chi connectivity index (χ0n) is 17.5. The molecule has 0 saturated carbocycles. The van der Waals surface area contributed by atoms with Crippen LogP contribution in [0.1, 0.15) is 33.8 Å². The molecule has 1 aliphatic rings. The molecule has 1 aliphatic carbocycles. The van der Waals surface area contributed by atoms with Crippen molar-refractivity contribution in [2.24, 2.45) is 0 Å². The van der Waals surface area contributed by atoms with Crippen LogP contribution in [-0.2, 0) is 25.8 Å². The van der Waals surface area contributed by atoms with E-state index in [4.69, 9.17) is 4.98 Å². The Kier molecular flexibility index (Phi) is 4.65. The molecule has 158 valence electrons. The van der Waals surface area contributed by atoms with Crippen molar-refractivity contribution in [3.05, 3.63) is 110 Å². The number of halogens is 1. The molecule has 0 radical (unpaired) electrons. The highest BCUT2D eigenvalue weighted by molar-refractivity contribution is 7.18. The lowest BCUT2D eigenvalue weighted by molar-refractivity contribution is 0.620. The molecule has 0 unspecified atom stereocenters. The van der Waals surface area contributed by atoms with E-state index in [0.717, 1.165) is 51.8 Å². The predicted octanol–water partition coefficient (Wildman–Crippen LogP) is 5.88. The summed E-state index contributed by atoms with van der Waals surface area (Å²) in [5, 5.41) is 3.09. The van der Waals surface area contributed by atoms with Crippen molar-refractivity contribution in [2.45, 2.75) is 32.2 Å². The van der Waals surface area contributed by atoms with E-state index in [1.807, 2.05) is 24.3 Å². The van der Waals surface area contributed by atoms with Crippen LogP contribution < -0.4 is 5.56 Å². The molecule has 3 nitrogen and oxygen atoms in total. The smallest absolute Gasteiger partial charge is 0.262 e. The number of benzene rings is 3. The van der Waals surface area contributed by atoms with Gasteiger partial charge in [0.15, 0.2) is 0 Å². The molecular formula is C27H21FN2OS. The normalized spacial score (nSPS) is 13.2. The van der Waals surface area contributed by atoms with E-state index in [2.05, 4.69) is 24.3 Å². The van der Waals surface area contributed by atoms with Gasteiger partial charge in [0.2, 0.25) is 0 Å². The van der Waals surface area contributed by atoms with Gasteiger partial charge >= 0.3 is 0 Å². The number of aryl methyl sites for hydroxylation is 2. The maximum Gasteiger partial charge on any atom is 0.262 e. The van der Waals surface area contributed by atoms with Gasteiger partial charge in [-0.2, -0.15) is 0 Å². The first-order valence-corrected chi connectivity index (χ1v) is 11.7. The molecule has 0 fully saturated rings. The number of thiophene rings is 1. The summed E-state index contributed by atoms with van der Waals surface area (Å²) < 4.78 is 15.6. The largest absolute Gasteiger partial charge is 0.291 e. The average Bonchev–Trinajstić information content (AvgIpc) is 3.38. The Morgan fingerprint density at radius 1 is 1.00 bits per heavy atom. The highest BCUT2D eigenvalue weighted by Crippen LogP contribution is 2.35. The monoisotopic (exact) mass is 440 g/mol. The Bertz CT molecular complexity index is 1540. The summed E-state index contributed by atoms with van der Waals surface area (Å²) in [6, 6.07) is 21.0. The van der Waals surface area contributed by atoms with Crippen molar-refractivity contribution < 1.29 is 4.39 Å². The van der Waals surface area contributed by atoms with Crippen LogP contribution in [0.4, 0.5) is 4.39 Å². The second kappa shape index (κ2) is 7.68. The summed E-state index contributed by atoms with van der Waals surface area (Å²) in [5.41, 5.74) is 3.06. The Morgan fingerprint density at radius 2 is 1.84 bits per heavy atom. The van der Waals surface area contributed by atoms with Crippen LogP contribution in [0.5, 0.6) is 0 Å². The standard InChI is InChI=1S/C27H21FN2OS/c28-20-10-3-6-17(14-20)16-30-24(15-19-9-4-8-18-7-1-2-11-21(18)19)29-26-25(27(30)31)22-12-5-13-23(22)32-26/h1-4,6-11,14H,5,12-13,15-16H2. The molecule has 0 bridgehead atoms. The molecule has 2 heterocycles. The zero-order valence-corrected chi connectivity index (χ0v) is 18.3.